The van der Waals surface area contributed by atoms with Crippen LogP contribution in [0.25, 0.3) is 21.7 Å². The Hall–Kier alpha value is -2.30. The van der Waals surface area contributed by atoms with Crippen molar-refractivity contribution < 1.29 is 0 Å². The maximum Gasteiger partial charge on any atom is 0.254 e. The number of benzene rings is 1. The molecule has 0 spiro atoms. The van der Waals surface area contributed by atoms with Gasteiger partial charge in [0.05, 0.1) is 5.69 Å². The number of halogens is 1. The highest BCUT2D eigenvalue weighted by atomic mass is 35.5. The van der Waals surface area contributed by atoms with Gasteiger partial charge in [-0.1, -0.05) is 23.7 Å². The second-order valence-electron chi connectivity index (χ2n) is 3.56. The molecule has 2 aromatic rings. The van der Waals surface area contributed by atoms with Crippen LogP contribution in [-0.2, 0) is 0 Å². The molecule has 0 aliphatic rings. The lowest BCUT2D eigenvalue weighted by atomic mass is 10.1. The molecule has 7 heteroatoms. The highest BCUT2D eigenvalue weighted by Gasteiger charge is 2.08. The van der Waals surface area contributed by atoms with Crippen LogP contribution in [0.1, 0.15) is 5.56 Å². The number of aromatic nitrogens is 2. The fraction of sp³-hybridized carbons (Fsp3) is 0.0909. The van der Waals surface area contributed by atoms with Gasteiger partial charge in [-0.05, 0) is 29.7 Å². The van der Waals surface area contributed by atoms with E-state index in [9.17, 15) is 4.79 Å². The summed E-state index contributed by atoms with van der Waals surface area (Å²) in [4.78, 5) is 20.8. The van der Waals surface area contributed by atoms with Gasteiger partial charge in [-0.15, -0.1) is 0 Å². The van der Waals surface area contributed by atoms with E-state index < -0.39 is 0 Å². The summed E-state index contributed by atoms with van der Waals surface area (Å²) in [5.41, 5.74) is 9.68. The molecule has 0 aliphatic carbocycles. The number of hydrogen-bond donors (Lipinski definition) is 1. The Morgan fingerprint density at radius 2 is 2.06 bits per heavy atom. The number of rotatable bonds is 2. The zero-order valence-electron chi connectivity index (χ0n) is 9.38. The number of H-pyrrole nitrogens is 1. The van der Waals surface area contributed by atoms with Crippen LogP contribution in [0.3, 0.4) is 0 Å². The van der Waals surface area contributed by atoms with E-state index in [1.807, 2.05) is 0 Å². The van der Waals surface area contributed by atoms with Gasteiger partial charge in [0.15, 0.2) is 5.95 Å². The fourth-order valence-corrected chi connectivity index (χ4v) is 1.63. The molecule has 0 saturated carbocycles. The predicted molar refractivity (Wildman–Crippen MR) is 68.8 cm³/mol. The molecule has 1 aromatic carbocycles. The van der Waals surface area contributed by atoms with Crippen LogP contribution in [0, 0.1) is 6.92 Å². The third kappa shape index (κ3) is 2.34. The quantitative estimate of drug-likeness (QED) is 0.510. The zero-order chi connectivity index (χ0) is 13.1. The van der Waals surface area contributed by atoms with Crippen LogP contribution in [0.15, 0.2) is 34.2 Å². The summed E-state index contributed by atoms with van der Waals surface area (Å²) in [6, 6.07) is 6.90. The Morgan fingerprint density at radius 1 is 1.39 bits per heavy atom. The largest absolute Gasteiger partial charge is 0.305 e. The monoisotopic (exact) mass is 261 g/mol. The average molecular weight is 262 g/mol. The number of nitrogens with one attached hydrogen (secondary N) is 1. The van der Waals surface area contributed by atoms with E-state index >= 15 is 0 Å². The SMILES string of the molecule is Cc1c(-c2ccc(Cl)cc2)nc(N=[N+]=[N-])[nH]c1=O. The zero-order valence-corrected chi connectivity index (χ0v) is 10.1. The van der Waals surface area contributed by atoms with Crippen LogP contribution < -0.4 is 5.56 Å². The van der Waals surface area contributed by atoms with Gasteiger partial charge >= 0.3 is 0 Å². The smallest absolute Gasteiger partial charge is 0.254 e. The van der Waals surface area contributed by atoms with Gasteiger partial charge in [0.2, 0.25) is 0 Å². The van der Waals surface area contributed by atoms with Crippen molar-refractivity contribution in [2.45, 2.75) is 6.92 Å². The van der Waals surface area contributed by atoms with E-state index in [4.69, 9.17) is 17.1 Å². The van der Waals surface area contributed by atoms with Gasteiger partial charge in [0.1, 0.15) is 0 Å². The van der Waals surface area contributed by atoms with Crippen LogP contribution in [0.4, 0.5) is 5.95 Å². The van der Waals surface area contributed by atoms with Crippen LogP contribution in [-0.4, -0.2) is 9.97 Å². The molecule has 0 unspecified atom stereocenters. The van der Waals surface area contributed by atoms with Crippen LogP contribution in [0.5, 0.6) is 0 Å². The minimum Gasteiger partial charge on any atom is -0.305 e. The lowest BCUT2D eigenvalue weighted by molar-refractivity contribution is 1.06. The third-order valence-corrected chi connectivity index (χ3v) is 2.65. The normalized spacial score (nSPS) is 9.89. The van der Waals surface area contributed by atoms with Gasteiger partial charge in [-0.25, -0.2) is 4.98 Å². The molecule has 1 heterocycles. The molecule has 0 aliphatic heterocycles. The van der Waals surface area contributed by atoms with E-state index in [1.54, 1.807) is 31.2 Å². The van der Waals surface area contributed by atoms with E-state index in [0.717, 1.165) is 5.56 Å². The topological polar surface area (TPSA) is 94.5 Å². The molecule has 0 bridgehead atoms. The first-order valence-electron chi connectivity index (χ1n) is 5.04. The molecule has 0 radical (unpaired) electrons. The second-order valence-corrected chi connectivity index (χ2v) is 4.00. The molecule has 0 amide bonds. The molecule has 90 valence electrons. The van der Waals surface area contributed by atoms with Crippen LogP contribution >= 0.6 is 11.6 Å². The molecule has 1 aromatic heterocycles. The number of nitrogens with zero attached hydrogens (tertiary/aromatic N) is 4. The van der Waals surface area contributed by atoms with E-state index in [-0.39, 0.29) is 11.5 Å². The molecule has 0 fully saturated rings. The molecular weight excluding hydrogens is 254 g/mol. The van der Waals surface area contributed by atoms with E-state index in [0.29, 0.717) is 16.3 Å². The molecule has 6 nitrogen and oxygen atoms in total. The maximum absolute atomic E-state index is 11.7. The molecule has 2 rings (SSSR count). The number of hydrogen-bond acceptors (Lipinski definition) is 3. The minimum atomic E-state index is -0.336. The van der Waals surface area contributed by atoms with Crippen molar-refractivity contribution >= 4 is 17.5 Å². The van der Waals surface area contributed by atoms with E-state index in [1.165, 1.54) is 0 Å². The van der Waals surface area contributed by atoms with Gasteiger partial charge in [0.25, 0.3) is 5.56 Å². The lowest BCUT2D eigenvalue weighted by Crippen LogP contribution is -2.12. The Morgan fingerprint density at radius 3 is 2.67 bits per heavy atom. The summed E-state index contributed by atoms with van der Waals surface area (Å²) in [7, 11) is 0. The Balaban J connectivity index is 2.66. The van der Waals surface area contributed by atoms with Gasteiger partial charge < -0.3 is 4.98 Å². The van der Waals surface area contributed by atoms with Gasteiger partial charge in [-0.3, -0.25) is 4.79 Å². The first-order valence-corrected chi connectivity index (χ1v) is 5.41. The first kappa shape index (κ1) is 12.2. The number of azide groups is 1. The summed E-state index contributed by atoms with van der Waals surface area (Å²) in [6.07, 6.45) is 0. The fourth-order valence-electron chi connectivity index (χ4n) is 1.50. The summed E-state index contributed by atoms with van der Waals surface area (Å²) in [6.45, 7) is 1.65. The van der Waals surface area contributed by atoms with Crippen molar-refractivity contribution in [2.24, 2.45) is 5.11 Å². The summed E-state index contributed by atoms with van der Waals surface area (Å²) < 4.78 is 0. The van der Waals surface area contributed by atoms with Crippen molar-refractivity contribution in [1.82, 2.24) is 9.97 Å². The van der Waals surface area contributed by atoms with Crippen molar-refractivity contribution in [3.63, 3.8) is 0 Å². The van der Waals surface area contributed by atoms with E-state index in [2.05, 4.69) is 20.0 Å². The Labute approximate surface area is 107 Å². The van der Waals surface area contributed by atoms with Crippen molar-refractivity contribution in [2.75, 3.05) is 0 Å². The standard InChI is InChI=1S/C11H8ClN5O/c1-6-9(7-2-4-8(12)5-3-7)14-11(16-17-13)15-10(6)18/h2-5H,1H3,(H,14,15,18). The highest BCUT2D eigenvalue weighted by molar-refractivity contribution is 6.30. The van der Waals surface area contributed by atoms with Crippen LogP contribution in [0.2, 0.25) is 5.02 Å². The molecule has 0 atom stereocenters. The molecular formula is C11H8ClN5O. The maximum atomic E-state index is 11.7. The number of aromatic amines is 1. The van der Waals surface area contributed by atoms with Gasteiger partial charge in [0, 0.05) is 21.1 Å². The van der Waals surface area contributed by atoms with Crippen molar-refractivity contribution in [1.29, 1.82) is 0 Å². The van der Waals surface area contributed by atoms with Crippen molar-refractivity contribution in [3.8, 4) is 11.3 Å². The molecule has 1 N–H and O–H groups in total. The molecule has 18 heavy (non-hydrogen) atoms. The second kappa shape index (κ2) is 4.91. The summed E-state index contributed by atoms with van der Waals surface area (Å²) in [5.74, 6) is -0.0574. The predicted octanol–water partition coefficient (Wildman–Crippen LogP) is 3.34. The van der Waals surface area contributed by atoms with Crippen molar-refractivity contribution in [3.05, 3.63) is 55.6 Å². The molecule has 0 saturated heterocycles. The Kier molecular flexibility index (Phi) is 3.32. The summed E-state index contributed by atoms with van der Waals surface area (Å²) >= 11 is 5.80. The summed E-state index contributed by atoms with van der Waals surface area (Å²) in [5, 5.41) is 3.89. The third-order valence-electron chi connectivity index (χ3n) is 2.40. The lowest BCUT2D eigenvalue weighted by Gasteiger charge is -2.05. The Bertz CT molecular complexity index is 686. The average Bonchev–Trinajstić information content (AvgIpc) is 2.35. The van der Waals surface area contributed by atoms with Gasteiger partial charge in [-0.2, -0.15) is 0 Å². The first-order chi connectivity index (χ1) is 8.61. The highest BCUT2D eigenvalue weighted by Crippen LogP contribution is 2.22. The minimum absolute atomic E-state index is 0.0574.